The zero-order chi connectivity index (χ0) is 20.9. The summed E-state index contributed by atoms with van der Waals surface area (Å²) >= 11 is 0. The lowest BCUT2D eigenvalue weighted by Crippen LogP contribution is -2.48. The normalized spacial score (nSPS) is 10.3. The van der Waals surface area contributed by atoms with Crippen molar-refractivity contribution in [3.8, 4) is 0 Å². The third-order valence-electron chi connectivity index (χ3n) is 4.02. The molecule has 0 radical (unpaired) electrons. The first-order valence-corrected chi connectivity index (χ1v) is 9.54. The predicted molar refractivity (Wildman–Crippen MR) is 108 cm³/mol. The van der Waals surface area contributed by atoms with Crippen molar-refractivity contribution < 1.29 is 23.9 Å². The Balaban J connectivity index is 2.65. The summed E-state index contributed by atoms with van der Waals surface area (Å²) in [6, 6.07) is 6.48. The van der Waals surface area contributed by atoms with Crippen molar-refractivity contribution in [2.45, 2.75) is 39.7 Å². The van der Waals surface area contributed by atoms with Gasteiger partial charge in [0.25, 0.3) is 0 Å². The molecule has 0 unspecified atom stereocenters. The Labute approximate surface area is 166 Å². The van der Waals surface area contributed by atoms with Gasteiger partial charge >= 0.3 is 11.9 Å². The van der Waals surface area contributed by atoms with Crippen LogP contribution in [0.15, 0.2) is 36.9 Å². The Kier molecular flexibility index (Phi) is 10.4. The average molecular weight is 390 g/mol. The van der Waals surface area contributed by atoms with E-state index in [1.165, 1.54) is 0 Å². The highest BCUT2D eigenvalue weighted by Gasteiger charge is 2.31. The molecule has 1 N–H and O–H groups in total. The number of rotatable bonds is 12. The first-order chi connectivity index (χ1) is 13.5. The Morgan fingerprint density at radius 1 is 1.07 bits per heavy atom. The highest BCUT2D eigenvalue weighted by atomic mass is 16.6. The molecule has 7 nitrogen and oxygen atoms in total. The molecule has 0 aliphatic heterocycles. The SMILES string of the molecule is C=CCN(CC)c1ccc(CCC(=O)NC(C(=O)OCC)C(=O)OCC)cc1. The van der Waals surface area contributed by atoms with E-state index in [0.29, 0.717) is 6.42 Å². The fourth-order valence-electron chi connectivity index (χ4n) is 2.60. The molecule has 0 aromatic heterocycles. The Hall–Kier alpha value is -2.83. The van der Waals surface area contributed by atoms with Gasteiger partial charge in [0.15, 0.2) is 0 Å². The van der Waals surface area contributed by atoms with Crippen LogP contribution < -0.4 is 10.2 Å². The number of hydrogen-bond acceptors (Lipinski definition) is 6. The molecule has 0 spiro atoms. The molecule has 154 valence electrons. The largest absolute Gasteiger partial charge is 0.464 e. The molecule has 0 bridgehead atoms. The predicted octanol–water partition coefficient (Wildman–Crippen LogP) is 2.24. The van der Waals surface area contributed by atoms with E-state index >= 15 is 0 Å². The van der Waals surface area contributed by atoms with E-state index in [9.17, 15) is 14.4 Å². The number of likely N-dealkylation sites (N-methyl/N-ethyl adjacent to an activating group) is 1. The lowest BCUT2D eigenvalue weighted by molar-refractivity contribution is -0.159. The number of amides is 1. The number of carbonyl (C=O) groups excluding carboxylic acids is 3. The summed E-state index contributed by atoms with van der Waals surface area (Å²) in [7, 11) is 0. The fraction of sp³-hybridized carbons (Fsp3) is 0.476. The number of ether oxygens (including phenoxy) is 2. The third-order valence-corrected chi connectivity index (χ3v) is 4.02. The summed E-state index contributed by atoms with van der Waals surface area (Å²) in [6.07, 6.45) is 2.47. The molecule has 7 heteroatoms. The van der Waals surface area contributed by atoms with Gasteiger partial charge in [-0.25, -0.2) is 9.59 Å². The monoisotopic (exact) mass is 390 g/mol. The summed E-state index contributed by atoms with van der Waals surface area (Å²) in [5.41, 5.74) is 2.07. The number of esters is 2. The van der Waals surface area contributed by atoms with Crippen molar-refractivity contribution in [2.24, 2.45) is 0 Å². The number of anilines is 1. The van der Waals surface area contributed by atoms with Crippen LogP contribution in [0.3, 0.4) is 0 Å². The molecule has 0 aliphatic rings. The quantitative estimate of drug-likeness (QED) is 0.335. The zero-order valence-corrected chi connectivity index (χ0v) is 16.9. The van der Waals surface area contributed by atoms with Gasteiger partial charge in [-0.1, -0.05) is 18.2 Å². The molecule has 0 aliphatic carbocycles. The van der Waals surface area contributed by atoms with Gasteiger partial charge in [0.05, 0.1) is 13.2 Å². The molecular weight excluding hydrogens is 360 g/mol. The second kappa shape index (κ2) is 12.5. The summed E-state index contributed by atoms with van der Waals surface area (Å²) in [6.45, 7) is 10.9. The topological polar surface area (TPSA) is 84.9 Å². The van der Waals surface area contributed by atoms with E-state index in [2.05, 4.69) is 23.7 Å². The van der Waals surface area contributed by atoms with Crippen LogP contribution in [-0.4, -0.2) is 50.2 Å². The minimum Gasteiger partial charge on any atom is -0.464 e. The maximum absolute atomic E-state index is 12.2. The smallest absolute Gasteiger partial charge is 0.340 e. The van der Waals surface area contributed by atoms with E-state index in [0.717, 1.165) is 24.3 Å². The molecule has 0 saturated heterocycles. The van der Waals surface area contributed by atoms with Gasteiger partial charge in [0.1, 0.15) is 0 Å². The van der Waals surface area contributed by atoms with Gasteiger partial charge in [-0.05, 0) is 44.9 Å². The highest BCUT2D eigenvalue weighted by molar-refractivity contribution is 6.02. The minimum atomic E-state index is -1.44. The second-order valence-corrected chi connectivity index (χ2v) is 6.00. The van der Waals surface area contributed by atoms with Crippen LogP contribution in [0.2, 0.25) is 0 Å². The maximum Gasteiger partial charge on any atom is 0.340 e. The van der Waals surface area contributed by atoms with Crippen LogP contribution in [0.1, 0.15) is 32.8 Å². The fourth-order valence-corrected chi connectivity index (χ4v) is 2.60. The molecule has 0 saturated carbocycles. The van der Waals surface area contributed by atoms with Crippen LogP contribution in [0.25, 0.3) is 0 Å². The van der Waals surface area contributed by atoms with E-state index in [4.69, 9.17) is 9.47 Å². The lowest BCUT2D eigenvalue weighted by Gasteiger charge is -2.21. The Morgan fingerprint density at radius 2 is 1.64 bits per heavy atom. The lowest BCUT2D eigenvalue weighted by atomic mass is 10.1. The van der Waals surface area contributed by atoms with Crippen LogP contribution in [0.4, 0.5) is 5.69 Å². The van der Waals surface area contributed by atoms with Crippen molar-refractivity contribution >= 4 is 23.5 Å². The molecule has 1 amide bonds. The van der Waals surface area contributed by atoms with Crippen LogP contribution in [0, 0.1) is 0 Å². The number of nitrogens with one attached hydrogen (secondary N) is 1. The van der Waals surface area contributed by atoms with Gasteiger partial charge in [-0.2, -0.15) is 0 Å². The van der Waals surface area contributed by atoms with Gasteiger partial charge in [0, 0.05) is 25.2 Å². The first-order valence-electron chi connectivity index (χ1n) is 9.54. The van der Waals surface area contributed by atoms with E-state index < -0.39 is 23.9 Å². The number of nitrogens with zero attached hydrogens (tertiary/aromatic N) is 1. The first kappa shape index (κ1) is 23.2. The Bertz CT molecular complexity index is 639. The van der Waals surface area contributed by atoms with Crippen molar-refractivity contribution in [3.05, 3.63) is 42.5 Å². The van der Waals surface area contributed by atoms with Crippen LogP contribution in [-0.2, 0) is 30.3 Å². The highest BCUT2D eigenvalue weighted by Crippen LogP contribution is 2.16. The molecule has 0 heterocycles. The summed E-state index contributed by atoms with van der Waals surface area (Å²) < 4.78 is 9.67. The average Bonchev–Trinajstić information content (AvgIpc) is 2.69. The standard InChI is InChI=1S/C21H30N2O5/c1-5-15-23(6-2)17-12-9-16(10-13-17)11-14-18(24)22-19(20(25)27-7-3)21(26)28-8-4/h5,9-10,12-13,19H,1,6-8,11,14-15H2,2-4H3,(H,22,24). The van der Waals surface area contributed by atoms with Gasteiger partial charge in [-0.3, -0.25) is 4.79 Å². The molecular formula is C21H30N2O5. The zero-order valence-electron chi connectivity index (χ0n) is 16.9. The van der Waals surface area contributed by atoms with E-state index in [1.54, 1.807) is 13.8 Å². The summed E-state index contributed by atoms with van der Waals surface area (Å²) in [4.78, 5) is 38.2. The molecule has 0 fully saturated rings. The minimum absolute atomic E-state index is 0.109. The van der Waals surface area contributed by atoms with Gasteiger partial charge in [0.2, 0.25) is 11.9 Å². The van der Waals surface area contributed by atoms with E-state index in [-0.39, 0.29) is 19.6 Å². The van der Waals surface area contributed by atoms with Crippen LogP contribution in [0.5, 0.6) is 0 Å². The van der Waals surface area contributed by atoms with Crippen molar-refractivity contribution in [3.63, 3.8) is 0 Å². The van der Waals surface area contributed by atoms with Crippen molar-refractivity contribution in [1.82, 2.24) is 5.32 Å². The molecule has 0 atom stereocenters. The molecule has 1 rings (SSSR count). The second-order valence-electron chi connectivity index (χ2n) is 6.00. The molecule has 1 aromatic carbocycles. The van der Waals surface area contributed by atoms with Crippen LogP contribution >= 0.6 is 0 Å². The van der Waals surface area contributed by atoms with Crippen molar-refractivity contribution in [1.29, 1.82) is 0 Å². The third kappa shape index (κ3) is 7.42. The van der Waals surface area contributed by atoms with Crippen molar-refractivity contribution in [2.75, 3.05) is 31.2 Å². The summed E-state index contributed by atoms with van der Waals surface area (Å²) in [5, 5.41) is 2.40. The number of benzene rings is 1. The molecule has 1 aromatic rings. The Morgan fingerprint density at radius 3 is 2.11 bits per heavy atom. The summed E-state index contributed by atoms with van der Waals surface area (Å²) in [5.74, 6) is -2.06. The van der Waals surface area contributed by atoms with Gasteiger partial charge in [-0.15, -0.1) is 6.58 Å². The van der Waals surface area contributed by atoms with E-state index in [1.807, 2.05) is 30.3 Å². The maximum atomic E-state index is 12.2. The van der Waals surface area contributed by atoms with Gasteiger partial charge < -0.3 is 19.7 Å². The molecule has 28 heavy (non-hydrogen) atoms. The number of aryl methyl sites for hydroxylation is 1. The number of carbonyl (C=O) groups is 3. The number of hydrogen-bond donors (Lipinski definition) is 1.